The van der Waals surface area contributed by atoms with Crippen molar-refractivity contribution in [3.8, 4) is 0 Å². The van der Waals surface area contributed by atoms with Gasteiger partial charge in [-0.25, -0.2) is 9.97 Å². The van der Waals surface area contributed by atoms with E-state index in [1.165, 1.54) is 22.2 Å². The number of carbonyl (C=O) groups is 1. The minimum Gasteiger partial charge on any atom is -0.379 e. The molecule has 0 spiro atoms. The van der Waals surface area contributed by atoms with Crippen LogP contribution in [-0.4, -0.2) is 64.7 Å². The summed E-state index contributed by atoms with van der Waals surface area (Å²) in [6, 6.07) is 4.14. The van der Waals surface area contributed by atoms with Gasteiger partial charge < -0.3 is 4.74 Å². The molecule has 8 nitrogen and oxygen atoms in total. The molecule has 1 aliphatic heterocycles. The first-order valence-corrected chi connectivity index (χ1v) is 11.7. The average molecular weight is 456 g/mol. The van der Waals surface area contributed by atoms with E-state index >= 15 is 0 Å². The lowest BCUT2D eigenvalue weighted by molar-refractivity contribution is -0.119. The Morgan fingerprint density at radius 1 is 1.16 bits per heavy atom. The van der Waals surface area contributed by atoms with Gasteiger partial charge in [0, 0.05) is 37.4 Å². The molecule has 2 aromatic heterocycles. The molecule has 1 amide bonds. The fourth-order valence-electron chi connectivity index (χ4n) is 3.78. The quantitative estimate of drug-likeness (QED) is 0.568. The van der Waals surface area contributed by atoms with E-state index in [0.29, 0.717) is 36.1 Å². The Bertz CT molecular complexity index is 1160. The first-order chi connectivity index (χ1) is 15.3. The number of hydrogen-bond donors (Lipinski definition) is 0. The van der Waals surface area contributed by atoms with Crippen LogP contribution in [0, 0.1) is 27.7 Å². The predicted molar refractivity (Wildman–Crippen MR) is 127 cm³/mol. The summed E-state index contributed by atoms with van der Waals surface area (Å²) in [5, 5.41) is 0.667. The number of amides is 1. The zero-order valence-corrected chi connectivity index (χ0v) is 19.9. The zero-order valence-electron chi connectivity index (χ0n) is 19.1. The third-order valence-corrected chi connectivity index (χ3v) is 7.24. The number of thiazole rings is 1. The molecule has 3 heterocycles. The molecule has 0 N–H and O–H groups in total. The second-order valence-corrected chi connectivity index (χ2v) is 9.24. The maximum atomic E-state index is 13.4. The molecule has 0 aliphatic carbocycles. The topological polar surface area (TPSA) is 80.6 Å². The lowest BCUT2D eigenvalue weighted by Gasteiger charge is -2.29. The summed E-state index contributed by atoms with van der Waals surface area (Å²) in [6.07, 6.45) is 1.45. The number of aryl methyl sites for hydroxylation is 3. The number of carbonyl (C=O) groups excluding carboxylic acids is 1. The Morgan fingerprint density at radius 3 is 2.59 bits per heavy atom. The Kier molecular flexibility index (Phi) is 6.68. The van der Waals surface area contributed by atoms with E-state index in [1.807, 2.05) is 6.92 Å². The molecule has 4 rings (SSSR count). The SMILES string of the molecule is Cc1ncn(CC(=O)N(CCN2CCOCC2)c2nc3c(C)ccc(C)c3s2)c(=O)c1C. The smallest absolute Gasteiger partial charge is 0.256 e. The molecule has 170 valence electrons. The molecule has 3 aromatic rings. The van der Waals surface area contributed by atoms with Crippen LogP contribution in [0.15, 0.2) is 23.3 Å². The summed E-state index contributed by atoms with van der Waals surface area (Å²) in [6.45, 7) is 11.9. The molecule has 1 fully saturated rings. The summed E-state index contributed by atoms with van der Waals surface area (Å²) in [7, 11) is 0. The van der Waals surface area contributed by atoms with Crippen LogP contribution in [0.3, 0.4) is 0 Å². The van der Waals surface area contributed by atoms with Crippen LogP contribution < -0.4 is 10.5 Å². The Morgan fingerprint density at radius 2 is 1.88 bits per heavy atom. The van der Waals surface area contributed by atoms with Crippen LogP contribution in [0.1, 0.15) is 22.4 Å². The fraction of sp³-hybridized carbons (Fsp3) is 0.478. The van der Waals surface area contributed by atoms with Gasteiger partial charge in [0.25, 0.3) is 5.56 Å². The maximum absolute atomic E-state index is 13.4. The van der Waals surface area contributed by atoms with Gasteiger partial charge >= 0.3 is 0 Å². The number of hydrogen-bond acceptors (Lipinski definition) is 7. The van der Waals surface area contributed by atoms with Crippen LogP contribution in [-0.2, 0) is 16.1 Å². The van der Waals surface area contributed by atoms with Gasteiger partial charge in [0.1, 0.15) is 6.54 Å². The molecule has 0 atom stereocenters. The van der Waals surface area contributed by atoms with Crippen molar-refractivity contribution in [2.24, 2.45) is 0 Å². The number of benzene rings is 1. The molecule has 9 heteroatoms. The predicted octanol–water partition coefficient (Wildman–Crippen LogP) is 2.45. The van der Waals surface area contributed by atoms with Gasteiger partial charge in [-0.15, -0.1) is 0 Å². The summed E-state index contributed by atoms with van der Waals surface area (Å²) in [5.41, 5.74) is 4.22. The number of morpholine rings is 1. The Hall–Kier alpha value is -2.62. The molecular formula is C23H29N5O3S. The molecule has 32 heavy (non-hydrogen) atoms. The van der Waals surface area contributed by atoms with Gasteiger partial charge in [-0.2, -0.15) is 0 Å². The highest BCUT2D eigenvalue weighted by Gasteiger charge is 2.23. The number of fused-ring (bicyclic) bond motifs is 1. The van der Waals surface area contributed by atoms with Crippen LogP contribution in [0.5, 0.6) is 0 Å². The Labute approximate surface area is 191 Å². The van der Waals surface area contributed by atoms with E-state index in [4.69, 9.17) is 9.72 Å². The van der Waals surface area contributed by atoms with Crippen molar-refractivity contribution in [3.63, 3.8) is 0 Å². The van der Waals surface area contributed by atoms with E-state index in [1.54, 1.807) is 18.7 Å². The van der Waals surface area contributed by atoms with Crippen molar-refractivity contribution >= 4 is 32.6 Å². The summed E-state index contributed by atoms with van der Waals surface area (Å²) < 4.78 is 7.92. The average Bonchev–Trinajstić information content (AvgIpc) is 3.24. The van der Waals surface area contributed by atoms with Crippen molar-refractivity contribution in [2.45, 2.75) is 34.2 Å². The highest BCUT2D eigenvalue weighted by atomic mass is 32.1. The van der Waals surface area contributed by atoms with E-state index in [0.717, 1.165) is 41.0 Å². The van der Waals surface area contributed by atoms with Crippen molar-refractivity contribution in [1.82, 2.24) is 19.4 Å². The van der Waals surface area contributed by atoms with Gasteiger partial charge in [0.05, 0.1) is 29.8 Å². The third-order valence-electron chi connectivity index (χ3n) is 6.03. The van der Waals surface area contributed by atoms with E-state index in [9.17, 15) is 9.59 Å². The third kappa shape index (κ3) is 4.60. The molecule has 0 saturated carbocycles. The van der Waals surface area contributed by atoms with Crippen LogP contribution >= 0.6 is 11.3 Å². The lowest BCUT2D eigenvalue weighted by atomic mass is 10.1. The summed E-state index contributed by atoms with van der Waals surface area (Å²) in [4.78, 5) is 39.2. The zero-order chi connectivity index (χ0) is 22.8. The lowest BCUT2D eigenvalue weighted by Crippen LogP contribution is -2.44. The molecule has 0 radical (unpaired) electrons. The van der Waals surface area contributed by atoms with E-state index in [-0.39, 0.29) is 18.0 Å². The van der Waals surface area contributed by atoms with Gasteiger partial charge in [0.15, 0.2) is 5.13 Å². The number of ether oxygens (including phenoxy) is 1. The highest BCUT2D eigenvalue weighted by Crippen LogP contribution is 2.33. The number of nitrogens with zero attached hydrogens (tertiary/aromatic N) is 5. The number of rotatable bonds is 6. The molecular weight excluding hydrogens is 426 g/mol. The van der Waals surface area contributed by atoms with Gasteiger partial charge in [-0.3, -0.25) is 24.0 Å². The number of aromatic nitrogens is 3. The largest absolute Gasteiger partial charge is 0.379 e. The molecule has 0 bridgehead atoms. The second-order valence-electron chi connectivity index (χ2n) is 8.26. The van der Waals surface area contributed by atoms with Crippen molar-refractivity contribution in [2.75, 3.05) is 44.3 Å². The molecule has 1 aliphatic rings. The minimum atomic E-state index is -0.185. The monoisotopic (exact) mass is 455 g/mol. The van der Waals surface area contributed by atoms with Gasteiger partial charge in [-0.05, 0) is 38.8 Å². The molecule has 1 aromatic carbocycles. The maximum Gasteiger partial charge on any atom is 0.256 e. The first-order valence-electron chi connectivity index (χ1n) is 10.8. The van der Waals surface area contributed by atoms with Crippen molar-refractivity contribution in [3.05, 3.63) is 51.2 Å². The summed E-state index contributed by atoms with van der Waals surface area (Å²) >= 11 is 1.53. The van der Waals surface area contributed by atoms with Crippen LogP contribution in [0.4, 0.5) is 5.13 Å². The molecule has 1 saturated heterocycles. The van der Waals surface area contributed by atoms with Crippen LogP contribution in [0.25, 0.3) is 10.2 Å². The van der Waals surface area contributed by atoms with Crippen molar-refractivity contribution in [1.29, 1.82) is 0 Å². The van der Waals surface area contributed by atoms with Gasteiger partial charge in [-0.1, -0.05) is 23.5 Å². The highest BCUT2D eigenvalue weighted by molar-refractivity contribution is 7.22. The second kappa shape index (κ2) is 9.48. The first kappa shape index (κ1) is 22.6. The number of anilines is 1. The fourth-order valence-corrected chi connectivity index (χ4v) is 4.93. The van der Waals surface area contributed by atoms with Crippen LogP contribution in [0.2, 0.25) is 0 Å². The van der Waals surface area contributed by atoms with E-state index in [2.05, 4.69) is 28.9 Å². The van der Waals surface area contributed by atoms with Gasteiger partial charge in [0.2, 0.25) is 5.91 Å². The molecule has 0 unspecified atom stereocenters. The Balaban J connectivity index is 1.65. The summed E-state index contributed by atoms with van der Waals surface area (Å²) in [5.74, 6) is -0.167. The standard InChI is InChI=1S/C23H29N5O3S/c1-15-5-6-16(2)21-20(15)25-23(32-21)28(8-7-26-9-11-31-12-10-26)19(29)13-27-14-24-18(4)17(3)22(27)30/h5-6,14H,7-13H2,1-4H3. The van der Waals surface area contributed by atoms with E-state index < -0.39 is 0 Å². The minimum absolute atomic E-state index is 0.0655. The van der Waals surface area contributed by atoms with Crippen molar-refractivity contribution < 1.29 is 9.53 Å². The normalized spacial score (nSPS) is 14.8.